The van der Waals surface area contributed by atoms with Crippen molar-refractivity contribution in [3.05, 3.63) is 95.1 Å². The Kier molecular flexibility index (Phi) is 6.87. The molecule has 0 unspecified atom stereocenters. The van der Waals surface area contributed by atoms with E-state index in [9.17, 15) is 13.2 Å². The van der Waals surface area contributed by atoms with Crippen LogP contribution in [0.4, 0.5) is 11.4 Å². The van der Waals surface area contributed by atoms with E-state index in [2.05, 4.69) is 21.4 Å². The zero-order valence-corrected chi connectivity index (χ0v) is 17.8. The van der Waals surface area contributed by atoms with Crippen molar-refractivity contribution >= 4 is 27.3 Å². The van der Waals surface area contributed by atoms with E-state index < -0.39 is 10.0 Å². The Balaban J connectivity index is 1.78. The van der Waals surface area contributed by atoms with Gasteiger partial charge in [0.15, 0.2) is 0 Å². The lowest BCUT2D eigenvalue weighted by molar-refractivity contribution is 0.102. The molecule has 0 aliphatic carbocycles. The van der Waals surface area contributed by atoms with E-state index in [0.717, 1.165) is 17.4 Å². The summed E-state index contributed by atoms with van der Waals surface area (Å²) in [6.07, 6.45) is 1.08. The molecule has 0 radical (unpaired) electrons. The zero-order chi connectivity index (χ0) is 21.6. The lowest BCUT2D eigenvalue weighted by atomic mass is 10.1. The summed E-state index contributed by atoms with van der Waals surface area (Å²) in [6.45, 7) is 3.19. The predicted octanol–water partition coefficient (Wildman–Crippen LogP) is 3.91. The number of carbonyl (C=O) groups excluding carboxylic acids is 1. The molecule has 1 amide bonds. The summed E-state index contributed by atoms with van der Waals surface area (Å²) < 4.78 is 25.8. The second-order valence-electron chi connectivity index (χ2n) is 7.21. The monoisotopic (exact) mass is 423 g/mol. The minimum atomic E-state index is -3.47. The molecule has 0 aliphatic heterocycles. The van der Waals surface area contributed by atoms with Gasteiger partial charge in [-0.3, -0.25) is 9.52 Å². The molecule has 156 valence electrons. The number of sulfonamides is 1. The van der Waals surface area contributed by atoms with E-state index in [-0.39, 0.29) is 5.91 Å². The average molecular weight is 424 g/mol. The van der Waals surface area contributed by atoms with Gasteiger partial charge in [-0.15, -0.1) is 0 Å². The van der Waals surface area contributed by atoms with Gasteiger partial charge < -0.3 is 10.6 Å². The van der Waals surface area contributed by atoms with Crippen LogP contribution >= 0.6 is 0 Å². The van der Waals surface area contributed by atoms with Crippen LogP contribution in [0.15, 0.2) is 72.8 Å². The number of benzene rings is 3. The van der Waals surface area contributed by atoms with Crippen LogP contribution in [0.5, 0.6) is 0 Å². The first-order valence-electron chi connectivity index (χ1n) is 9.53. The Labute approximate surface area is 177 Å². The summed E-state index contributed by atoms with van der Waals surface area (Å²) in [6, 6.07) is 22.3. The van der Waals surface area contributed by atoms with Gasteiger partial charge >= 0.3 is 0 Å². The fourth-order valence-electron chi connectivity index (χ4n) is 3.10. The standard InChI is InChI=1S/C23H25N3O3S/c1-17-7-6-8-18(11-17)15-24-16-19-12-20(14-22(13-19)26-30(2,28)29)23(27)25-21-9-4-3-5-10-21/h3-14,24,26H,15-16H2,1-2H3,(H,25,27). The molecule has 0 spiro atoms. The van der Waals surface area contributed by atoms with E-state index in [4.69, 9.17) is 0 Å². The first-order valence-corrected chi connectivity index (χ1v) is 11.4. The molecule has 6 nitrogen and oxygen atoms in total. The number of nitrogens with one attached hydrogen (secondary N) is 3. The Morgan fingerprint density at radius 1 is 0.833 bits per heavy atom. The molecular weight excluding hydrogens is 398 g/mol. The van der Waals surface area contributed by atoms with Crippen molar-refractivity contribution in [2.24, 2.45) is 0 Å². The summed E-state index contributed by atoms with van der Waals surface area (Å²) in [7, 11) is -3.47. The lowest BCUT2D eigenvalue weighted by Crippen LogP contribution is -2.17. The van der Waals surface area contributed by atoms with Gasteiger partial charge in [0, 0.05) is 30.0 Å². The fourth-order valence-corrected chi connectivity index (χ4v) is 3.64. The quantitative estimate of drug-likeness (QED) is 0.513. The summed E-state index contributed by atoms with van der Waals surface area (Å²) in [5.74, 6) is -0.307. The van der Waals surface area contributed by atoms with Crippen LogP contribution in [0, 0.1) is 6.92 Å². The first-order chi connectivity index (χ1) is 14.3. The molecule has 3 rings (SSSR count). The average Bonchev–Trinajstić information content (AvgIpc) is 2.67. The van der Waals surface area contributed by atoms with Crippen molar-refractivity contribution in [3.8, 4) is 0 Å². The summed E-state index contributed by atoms with van der Waals surface area (Å²) >= 11 is 0. The Morgan fingerprint density at radius 2 is 1.57 bits per heavy atom. The molecule has 7 heteroatoms. The molecule has 0 aliphatic rings. The largest absolute Gasteiger partial charge is 0.322 e. The molecule has 0 aromatic heterocycles. The molecule has 0 saturated carbocycles. The second-order valence-corrected chi connectivity index (χ2v) is 8.95. The topological polar surface area (TPSA) is 87.3 Å². The number of anilines is 2. The van der Waals surface area contributed by atoms with E-state index in [0.29, 0.717) is 30.0 Å². The maximum Gasteiger partial charge on any atom is 0.255 e. The highest BCUT2D eigenvalue weighted by Gasteiger charge is 2.11. The molecule has 0 fully saturated rings. The van der Waals surface area contributed by atoms with Gasteiger partial charge in [-0.05, 0) is 48.4 Å². The highest BCUT2D eigenvalue weighted by Crippen LogP contribution is 2.18. The molecule has 0 saturated heterocycles. The number of carbonyl (C=O) groups is 1. The third-order valence-electron chi connectivity index (χ3n) is 4.33. The summed E-state index contributed by atoms with van der Waals surface area (Å²) in [5.41, 5.74) is 4.54. The normalized spacial score (nSPS) is 11.1. The molecule has 0 bridgehead atoms. The van der Waals surface area contributed by atoms with Gasteiger partial charge in [0.05, 0.1) is 6.26 Å². The van der Waals surface area contributed by atoms with Crippen molar-refractivity contribution in [1.29, 1.82) is 0 Å². The fraction of sp³-hybridized carbons (Fsp3) is 0.174. The van der Waals surface area contributed by atoms with Crippen molar-refractivity contribution in [3.63, 3.8) is 0 Å². The molecule has 0 heterocycles. The van der Waals surface area contributed by atoms with Crippen LogP contribution in [0.3, 0.4) is 0 Å². The van der Waals surface area contributed by atoms with Gasteiger partial charge in [0.1, 0.15) is 0 Å². The number of hydrogen-bond donors (Lipinski definition) is 3. The number of amides is 1. The maximum atomic E-state index is 12.7. The Morgan fingerprint density at radius 3 is 2.27 bits per heavy atom. The van der Waals surface area contributed by atoms with Gasteiger partial charge in [0.2, 0.25) is 10.0 Å². The third-order valence-corrected chi connectivity index (χ3v) is 4.94. The van der Waals surface area contributed by atoms with Crippen LogP contribution in [-0.2, 0) is 23.1 Å². The van der Waals surface area contributed by atoms with Crippen LogP contribution in [0.1, 0.15) is 27.0 Å². The molecule has 3 aromatic rings. The zero-order valence-electron chi connectivity index (χ0n) is 17.0. The van der Waals surface area contributed by atoms with Gasteiger partial charge in [-0.25, -0.2) is 8.42 Å². The number of para-hydroxylation sites is 1. The van der Waals surface area contributed by atoms with E-state index in [1.54, 1.807) is 24.3 Å². The van der Waals surface area contributed by atoms with Gasteiger partial charge in [-0.1, -0.05) is 48.0 Å². The van der Waals surface area contributed by atoms with Crippen molar-refractivity contribution in [1.82, 2.24) is 5.32 Å². The van der Waals surface area contributed by atoms with Gasteiger partial charge in [-0.2, -0.15) is 0 Å². The van der Waals surface area contributed by atoms with Crippen LogP contribution in [0.2, 0.25) is 0 Å². The van der Waals surface area contributed by atoms with E-state index in [1.807, 2.05) is 43.3 Å². The number of hydrogen-bond acceptors (Lipinski definition) is 4. The second kappa shape index (κ2) is 9.56. The van der Waals surface area contributed by atoms with Crippen molar-refractivity contribution in [2.45, 2.75) is 20.0 Å². The van der Waals surface area contributed by atoms with Gasteiger partial charge in [0.25, 0.3) is 5.91 Å². The summed E-state index contributed by atoms with van der Waals surface area (Å²) in [5, 5.41) is 6.17. The predicted molar refractivity (Wildman–Crippen MR) is 121 cm³/mol. The van der Waals surface area contributed by atoms with Crippen molar-refractivity contribution in [2.75, 3.05) is 16.3 Å². The van der Waals surface area contributed by atoms with Crippen LogP contribution in [0.25, 0.3) is 0 Å². The number of aryl methyl sites for hydroxylation is 1. The Bertz CT molecular complexity index is 1130. The molecule has 3 N–H and O–H groups in total. The summed E-state index contributed by atoms with van der Waals surface area (Å²) in [4.78, 5) is 12.7. The van der Waals surface area contributed by atoms with E-state index in [1.165, 1.54) is 11.6 Å². The number of rotatable bonds is 8. The third kappa shape index (κ3) is 6.72. The minimum Gasteiger partial charge on any atom is -0.322 e. The molecule has 3 aromatic carbocycles. The highest BCUT2D eigenvalue weighted by molar-refractivity contribution is 7.92. The molecule has 30 heavy (non-hydrogen) atoms. The Hall–Kier alpha value is -3.16. The minimum absolute atomic E-state index is 0.307. The van der Waals surface area contributed by atoms with Crippen molar-refractivity contribution < 1.29 is 13.2 Å². The van der Waals surface area contributed by atoms with Crippen LogP contribution < -0.4 is 15.4 Å². The molecule has 0 atom stereocenters. The molecular formula is C23H25N3O3S. The SMILES string of the molecule is Cc1cccc(CNCc2cc(NS(C)(=O)=O)cc(C(=O)Nc3ccccc3)c2)c1. The lowest BCUT2D eigenvalue weighted by Gasteiger charge is -2.12. The smallest absolute Gasteiger partial charge is 0.255 e. The highest BCUT2D eigenvalue weighted by atomic mass is 32.2. The first kappa shape index (κ1) is 21.5. The van der Waals surface area contributed by atoms with Crippen LogP contribution in [-0.4, -0.2) is 20.6 Å². The van der Waals surface area contributed by atoms with E-state index >= 15 is 0 Å². The maximum absolute atomic E-state index is 12.7.